The van der Waals surface area contributed by atoms with Crippen molar-refractivity contribution in [3.8, 4) is 0 Å². The molecule has 2 heterocycles. The Balaban J connectivity index is 0.00000242. The Kier molecular flexibility index (Phi) is 10.1. The van der Waals surface area contributed by atoms with E-state index in [0.717, 1.165) is 13.1 Å². The Morgan fingerprint density at radius 2 is 1.91 bits per heavy atom. The molecule has 1 atom stereocenters. The number of piperazine rings is 1. The van der Waals surface area contributed by atoms with E-state index < -0.39 is 6.04 Å². The van der Waals surface area contributed by atoms with Gasteiger partial charge in [-0.3, -0.25) is 9.59 Å². The second-order valence-corrected chi connectivity index (χ2v) is 6.76. The second kappa shape index (κ2) is 10.3. The number of amides is 2. The number of hydrogen-bond donors (Lipinski definition) is 2. The molecule has 1 aromatic heterocycles. The van der Waals surface area contributed by atoms with Crippen LogP contribution in [0.2, 0.25) is 4.34 Å². The molecule has 132 valence electrons. The third kappa shape index (κ3) is 6.45. The first-order valence-electron chi connectivity index (χ1n) is 6.74. The SMILES string of the molecule is CN1CCN(C(=O)[C@@H](N)CNC(=O)c2ccc(Cl)s2)CC1.Cl.Cl. The largest absolute Gasteiger partial charge is 0.349 e. The molecule has 1 aliphatic heterocycles. The van der Waals surface area contributed by atoms with Gasteiger partial charge < -0.3 is 20.9 Å². The minimum absolute atomic E-state index is 0. The number of halogens is 3. The second-order valence-electron chi connectivity index (χ2n) is 5.05. The minimum Gasteiger partial charge on any atom is -0.349 e. The Labute approximate surface area is 157 Å². The van der Waals surface area contributed by atoms with Gasteiger partial charge in [0, 0.05) is 32.7 Å². The summed E-state index contributed by atoms with van der Waals surface area (Å²) >= 11 is 6.98. The zero-order valence-corrected chi connectivity index (χ0v) is 15.9. The summed E-state index contributed by atoms with van der Waals surface area (Å²) in [6.45, 7) is 3.17. The summed E-state index contributed by atoms with van der Waals surface area (Å²) in [6.07, 6.45) is 0. The highest BCUT2D eigenvalue weighted by Crippen LogP contribution is 2.20. The number of nitrogens with zero attached hydrogens (tertiary/aromatic N) is 2. The molecule has 0 spiro atoms. The van der Waals surface area contributed by atoms with E-state index in [-0.39, 0.29) is 43.2 Å². The van der Waals surface area contributed by atoms with Crippen molar-refractivity contribution in [2.24, 2.45) is 5.73 Å². The van der Waals surface area contributed by atoms with E-state index in [1.807, 2.05) is 7.05 Å². The maximum atomic E-state index is 12.2. The Morgan fingerprint density at radius 3 is 2.43 bits per heavy atom. The van der Waals surface area contributed by atoms with Crippen LogP contribution in [0.5, 0.6) is 0 Å². The fraction of sp³-hybridized carbons (Fsp3) is 0.538. The highest BCUT2D eigenvalue weighted by molar-refractivity contribution is 7.17. The lowest BCUT2D eigenvalue weighted by molar-refractivity contribution is -0.134. The lowest BCUT2D eigenvalue weighted by Crippen LogP contribution is -2.54. The summed E-state index contributed by atoms with van der Waals surface area (Å²) in [4.78, 5) is 28.5. The van der Waals surface area contributed by atoms with Crippen molar-refractivity contribution in [1.29, 1.82) is 0 Å². The molecule has 1 saturated heterocycles. The molecule has 1 aromatic rings. The molecule has 23 heavy (non-hydrogen) atoms. The van der Waals surface area contributed by atoms with Crippen LogP contribution in [0.3, 0.4) is 0 Å². The lowest BCUT2D eigenvalue weighted by atomic mass is 10.2. The van der Waals surface area contributed by atoms with Gasteiger partial charge in [0.15, 0.2) is 0 Å². The zero-order chi connectivity index (χ0) is 15.4. The normalized spacial score (nSPS) is 16.0. The molecular weight excluding hydrogens is 383 g/mol. The van der Waals surface area contributed by atoms with E-state index in [1.165, 1.54) is 11.3 Å². The fourth-order valence-corrected chi connectivity index (χ4v) is 3.03. The first-order valence-corrected chi connectivity index (χ1v) is 7.93. The van der Waals surface area contributed by atoms with Gasteiger partial charge in [-0.1, -0.05) is 11.6 Å². The summed E-state index contributed by atoms with van der Waals surface area (Å²) in [7, 11) is 2.02. The quantitative estimate of drug-likeness (QED) is 0.788. The molecule has 10 heteroatoms. The van der Waals surface area contributed by atoms with Crippen molar-refractivity contribution in [3.63, 3.8) is 0 Å². The summed E-state index contributed by atoms with van der Waals surface area (Å²) in [5.41, 5.74) is 5.87. The Hall–Kier alpha value is -0.570. The van der Waals surface area contributed by atoms with Crippen molar-refractivity contribution in [2.75, 3.05) is 39.8 Å². The van der Waals surface area contributed by atoms with E-state index in [9.17, 15) is 9.59 Å². The number of hydrogen-bond acceptors (Lipinski definition) is 5. The molecule has 3 N–H and O–H groups in total. The van der Waals surface area contributed by atoms with Gasteiger partial charge in [0.2, 0.25) is 5.91 Å². The molecule has 0 unspecified atom stereocenters. The Morgan fingerprint density at radius 1 is 1.30 bits per heavy atom. The van der Waals surface area contributed by atoms with E-state index in [4.69, 9.17) is 17.3 Å². The van der Waals surface area contributed by atoms with Gasteiger partial charge in [-0.25, -0.2) is 0 Å². The van der Waals surface area contributed by atoms with E-state index in [2.05, 4.69) is 10.2 Å². The van der Waals surface area contributed by atoms with Crippen LogP contribution in [0, 0.1) is 0 Å². The van der Waals surface area contributed by atoms with E-state index >= 15 is 0 Å². The van der Waals surface area contributed by atoms with E-state index in [1.54, 1.807) is 17.0 Å². The molecule has 0 saturated carbocycles. The monoisotopic (exact) mass is 402 g/mol. The van der Waals surface area contributed by atoms with Crippen molar-refractivity contribution < 1.29 is 9.59 Å². The van der Waals surface area contributed by atoms with Crippen LogP contribution < -0.4 is 11.1 Å². The topological polar surface area (TPSA) is 78.7 Å². The molecule has 0 aromatic carbocycles. The number of likely N-dealkylation sites (N-methyl/N-ethyl adjacent to an activating group) is 1. The smallest absolute Gasteiger partial charge is 0.261 e. The van der Waals surface area contributed by atoms with Crippen LogP contribution in [-0.4, -0.2) is 67.4 Å². The summed E-state index contributed by atoms with van der Waals surface area (Å²) in [6, 6.07) is 2.60. The Bertz CT molecular complexity index is 521. The number of carbonyl (C=O) groups excluding carboxylic acids is 2. The van der Waals surface area contributed by atoms with Gasteiger partial charge in [-0.2, -0.15) is 0 Å². The molecule has 1 aliphatic rings. The molecule has 6 nitrogen and oxygen atoms in total. The maximum absolute atomic E-state index is 12.2. The molecular formula is C13H21Cl3N4O2S. The van der Waals surface area contributed by atoms with Crippen molar-refractivity contribution in [1.82, 2.24) is 15.1 Å². The minimum atomic E-state index is -0.715. The van der Waals surface area contributed by atoms with Gasteiger partial charge in [0.25, 0.3) is 5.91 Å². The van der Waals surface area contributed by atoms with E-state index in [0.29, 0.717) is 22.3 Å². The average Bonchev–Trinajstić information content (AvgIpc) is 2.91. The molecule has 0 bridgehead atoms. The number of nitrogens with two attached hydrogens (primary N) is 1. The van der Waals surface area contributed by atoms with Crippen LogP contribution in [0.25, 0.3) is 0 Å². The van der Waals surface area contributed by atoms with Crippen LogP contribution in [0.1, 0.15) is 9.67 Å². The van der Waals surface area contributed by atoms with Crippen molar-refractivity contribution in [2.45, 2.75) is 6.04 Å². The highest BCUT2D eigenvalue weighted by Gasteiger charge is 2.24. The molecule has 2 rings (SSSR count). The fourth-order valence-electron chi connectivity index (χ4n) is 2.07. The predicted octanol–water partition coefficient (Wildman–Crippen LogP) is 1.08. The van der Waals surface area contributed by atoms with Crippen molar-refractivity contribution in [3.05, 3.63) is 21.3 Å². The van der Waals surface area contributed by atoms with Crippen LogP contribution in [0.4, 0.5) is 0 Å². The van der Waals surface area contributed by atoms with Gasteiger partial charge >= 0.3 is 0 Å². The molecule has 0 aliphatic carbocycles. The number of carbonyl (C=O) groups is 2. The third-order valence-electron chi connectivity index (χ3n) is 3.41. The number of thiophene rings is 1. The number of rotatable bonds is 4. The van der Waals surface area contributed by atoms with Gasteiger partial charge in [-0.15, -0.1) is 36.2 Å². The van der Waals surface area contributed by atoms with Crippen LogP contribution in [-0.2, 0) is 4.79 Å². The predicted molar refractivity (Wildman–Crippen MR) is 98.2 cm³/mol. The maximum Gasteiger partial charge on any atom is 0.261 e. The first-order chi connectivity index (χ1) is 9.97. The summed E-state index contributed by atoms with van der Waals surface area (Å²) in [5, 5.41) is 2.67. The zero-order valence-electron chi connectivity index (χ0n) is 12.7. The summed E-state index contributed by atoms with van der Waals surface area (Å²) in [5.74, 6) is -0.374. The lowest BCUT2D eigenvalue weighted by Gasteiger charge is -2.33. The summed E-state index contributed by atoms with van der Waals surface area (Å²) < 4.78 is 0.554. The molecule has 2 amide bonds. The van der Waals surface area contributed by atoms with Gasteiger partial charge in [0.05, 0.1) is 9.21 Å². The number of nitrogens with one attached hydrogen (secondary N) is 1. The average molecular weight is 404 g/mol. The van der Waals surface area contributed by atoms with Crippen molar-refractivity contribution >= 4 is 59.6 Å². The standard InChI is InChI=1S/C13H19ClN4O2S.2ClH/c1-17-4-6-18(7-5-17)13(20)9(15)8-16-12(19)10-2-3-11(14)21-10;;/h2-3,9H,4-8,15H2,1H3,(H,16,19);2*1H/t9-;;/m0../s1. The van der Waals surface area contributed by atoms with Crippen LogP contribution >= 0.6 is 47.8 Å². The highest BCUT2D eigenvalue weighted by atomic mass is 35.5. The third-order valence-corrected chi connectivity index (χ3v) is 4.64. The molecule has 0 radical (unpaired) electrons. The van der Waals surface area contributed by atoms with Crippen LogP contribution in [0.15, 0.2) is 12.1 Å². The first kappa shape index (κ1) is 22.4. The van der Waals surface area contributed by atoms with Gasteiger partial charge in [-0.05, 0) is 19.2 Å². The van der Waals surface area contributed by atoms with Gasteiger partial charge in [0.1, 0.15) is 6.04 Å². The molecule has 1 fully saturated rings.